The molecular formula is C10H19NO2. The van der Waals surface area contributed by atoms with Crippen molar-refractivity contribution in [3.05, 3.63) is 12.7 Å². The summed E-state index contributed by atoms with van der Waals surface area (Å²) < 4.78 is 0. The van der Waals surface area contributed by atoms with Gasteiger partial charge in [-0.25, -0.2) is 5.06 Å². The first-order valence-corrected chi connectivity index (χ1v) is 4.74. The summed E-state index contributed by atoms with van der Waals surface area (Å²) in [5.74, 6) is -0.0728. The molecule has 13 heavy (non-hydrogen) atoms. The quantitative estimate of drug-likeness (QED) is 0.345. The standard InChI is InChI=1S/C10H19NO2/c1-4-6-7-9-13-11(8-5-2)10(3)12/h5H,2,4,6-9H2,1,3H3. The van der Waals surface area contributed by atoms with Crippen molar-refractivity contribution in [3.8, 4) is 0 Å². The van der Waals surface area contributed by atoms with Gasteiger partial charge >= 0.3 is 0 Å². The average molecular weight is 185 g/mol. The summed E-state index contributed by atoms with van der Waals surface area (Å²) >= 11 is 0. The lowest BCUT2D eigenvalue weighted by Gasteiger charge is -2.18. The van der Waals surface area contributed by atoms with E-state index in [-0.39, 0.29) is 5.91 Å². The second kappa shape index (κ2) is 7.80. The number of carbonyl (C=O) groups is 1. The van der Waals surface area contributed by atoms with Gasteiger partial charge in [-0.2, -0.15) is 0 Å². The summed E-state index contributed by atoms with van der Waals surface area (Å²) in [6.45, 7) is 8.25. The molecule has 0 unspecified atom stereocenters. The fourth-order valence-electron chi connectivity index (χ4n) is 0.916. The van der Waals surface area contributed by atoms with E-state index in [2.05, 4.69) is 13.5 Å². The van der Waals surface area contributed by atoms with Crippen LogP contribution in [0.2, 0.25) is 0 Å². The zero-order valence-electron chi connectivity index (χ0n) is 8.58. The average Bonchev–Trinajstić information content (AvgIpc) is 2.10. The van der Waals surface area contributed by atoms with Crippen LogP contribution in [0.15, 0.2) is 12.7 Å². The number of hydroxylamine groups is 2. The number of nitrogens with zero attached hydrogens (tertiary/aromatic N) is 1. The number of amides is 1. The van der Waals surface area contributed by atoms with Crippen LogP contribution in [0.5, 0.6) is 0 Å². The molecule has 76 valence electrons. The van der Waals surface area contributed by atoms with Crippen molar-refractivity contribution in [3.63, 3.8) is 0 Å². The molecule has 0 saturated carbocycles. The van der Waals surface area contributed by atoms with Gasteiger partial charge < -0.3 is 0 Å². The first kappa shape index (κ1) is 12.2. The number of hydrogen-bond acceptors (Lipinski definition) is 2. The third-order valence-corrected chi connectivity index (χ3v) is 1.64. The molecule has 0 bridgehead atoms. The number of hydrogen-bond donors (Lipinski definition) is 0. The van der Waals surface area contributed by atoms with Crippen molar-refractivity contribution in [2.24, 2.45) is 0 Å². The molecule has 3 heteroatoms. The topological polar surface area (TPSA) is 29.5 Å². The largest absolute Gasteiger partial charge is 0.273 e. The minimum Gasteiger partial charge on any atom is -0.273 e. The highest BCUT2D eigenvalue weighted by Crippen LogP contribution is 1.98. The van der Waals surface area contributed by atoms with Crippen molar-refractivity contribution < 1.29 is 9.63 Å². The SMILES string of the molecule is C=CCN(OCCCCC)C(C)=O. The maximum atomic E-state index is 11.0. The van der Waals surface area contributed by atoms with Crippen LogP contribution < -0.4 is 0 Å². The number of unbranched alkanes of at least 4 members (excludes halogenated alkanes) is 2. The van der Waals surface area contributed by atoms with Crippen molar-refractivity contribution in [1.82, 2.24) is 5.06 Å². The van der Waals surface area contributed by atoms with Gasteiger partial charge in [0.15, 0.2) is 0 Å². The normalized spacial score (nSPS) is 9.69. The molecule has 0 aliphatic rings. The highest BCUT2D eigenvalue weighted by Gasteiger charge is 2.05. The molecule has 0 aromatic carbocycles. The number of carbonyl (C=O) groups excluding carboxylic acids is 1. The molecular weight excluding hydrogens is 166 g/mol. The molecule has 1 amide bonds. The van der Waals surface area contributed by atoms with Crippen LogP contribution in [0.4, 0.5) is 0 Å². The Hall–Kier alpha value is -0.830. The van der Waals surface area contributed by atoms with E-state index < -0.39 is 0 Å². The zero-order valence-corrected chi connectivity index (χ0v) is 8.58. The fourth-order valence-corrected chi connectivity index (χ4v) is 0.916. The van der Waals surface area contributed by atoms with Gasteiger partial charge in [0.25, 0.3) is 0 Å². The molecule has 0 radical (unpaired) electrons. The van der Waals surface area contributed by atoms with Crippen molar-refractivity contribution >= 4 is 5.91 Å². The molecule has 0 aliphatic heterocycles. The maximum absolute atomic E-state index is 11.0. The van der Waals surface area contributed by atoms with Gasteiger partial charge in [0.2, 0.25) is 5.91 Å². The van der Waals surface area contributed by atoms with Gasteiger partial charge in [0, 0.05) is 6.92 Å². The summed E-state index contributed by atoms with van der Waals surface area (Å²) in [6.07, 6.45) is 4.95. The van der Waals surface area contributed by atoms with Crippen LogP contribution in [-0.4, -0.2) is 24.1 Å². The fraction of sp³-hybridized carbons (Fsp3) is 0.700. The Kier molecular flexibility index (Phi) is 7.30. The molecule has 0 saturated heterocycles. The molecule has 0 heterocycles. The van der Waals surface area contributed by atoms with E-state index in [1.54, 1.807) is 6.08 Å². The van der Waals surface area contributed by atoms with Gasteiger partial charge in [-0.3, -0.25) is 9.63 Å². The van der Waals surface area contributed by atoms with E-state index in [4.69, 9.17) is 4.84 Å². The summed E-state index contributed by atoms with van der Waals surface area (Å²) in [4.78, 5) is 16.2. The third-order valence-electron chi connectivity index (χ3n) is 1.64. The predicted molar refractivity (Wildman–Crippen MR) is 53.1 cm³/mol. The highest BCUT2D eigenvalue weighted by molar-refractivity contribution is 5.72. The lowest BCUT2D eigenvalue weighted by Crippen LogP contribution is -2.29. The summed E-state index contributed by atoms with van der Waals surface area (Å²) in [5.41, 5.74) is 0. The van der Waals surface area contributed by atoms with E-state index in [0.717, 1.165) is 19.3 Å². The first-order chi connectivity index (χ1) is 6.22. The summed E-state index contributed by atoms with van der Waals surface area (Å²) in [7, 11) is 0. The third kappa shape index (κ3) is 6.34. The van der Waals surface area contributed by atoms with Crippen LogP contribution in [0.1, 0.15) is 33.1 Å². The Labute approximate surface area is 80.3 Å². The molecule has 0 rings (SSSR count). The Morgan fingerprint density at radius 3 is 2.69 bits per heavy atom. The van der Waals surface area contributed by atoms with Gasteiger partial charge in [0.05, 0.1) is 13.2 Å². The van der Waals surface area contributed by atoms with Gasteiger partial charge in [-0.05, 0) is 6.42 Å². The lowest BCUT2D eigenvalue weighted by atomic mass is 10.3. The molecule has 0 N–H and O–H groups in total. The van der Waals surface area contributed by atoms with Crippen LogP contribution in [0, 0.1) is 0 Å². The summed E-state index contributed by atoms with van der Waals surface area (Å²) in [5, 5.41) is 1.34. The van der Waals surface area contributed by atoms with E-state index in [1.165, 1.54) is 12.0 Å². The smallest absolute Gasteiger partial charge is 0.243 e. The highest BCUT2D eigenvalue weighted by atomic mass is 16.7. The lowest BCUT2D eigenvalue weighted by molar-refractivity contribution is -0.181. The molecule has 3 nitrogen and oxygen atoms in total. The van der Waals surface area contributed by atoms with Crippen LogP contribution in [-0.2, 0) is 9.63 Å². The molecule has 0 aromatic rings. The monoisotopic (exact) mass is 185 g/mol. The number of rotatable bonds is 7. The van der Waals surface area contributed by atoms with Crippen molar-refractivity contribution in [2.75, 3.05) is 13.2 Å². The minimum absolute atomic E-state index is 0.0728. The van der Waals surface area contributed by atoms with Gasteiger partial charge in [-0.1, -0.05) is 25.8 Å². The summed E-state index contributed by atoms with van der Waals surface area (Å²) in [6, 6.07) is 0. The second-order valence-corrected chi connectivity index (χ2v) is 2.91. The molecule has 0 atom stereocenters. The second-order valence-electron chi connectivity index (χ2n) is 2.91. The first-order valence-electron chi connectivity index (χ1n) is 4.74. The van der Waals surface area contributed by atoms with E-state index in [0.29, 0.717) is 13.2 Å². The van der Waals surface area contributed by atoms with Gasteiger partial charge in [0.1, 0.15) is 0 Å². The predicted octanol–water partition coefficient (Wildman–Crippen LogP) is 2.14. The van der Waals surface area contributed by atoms with Crippen LogP contribution in [0.25, 0.3) is 0 Å². The van der Waals surface area contributed by atoms with Crippen molar-refractivity contribution in [2.45, 2.75) is 33.1 Å². The zero-order chi connectivity index (χ0) is 10.1. The van der Waals surface area contributed by atoms with Crippen molar-refractivity contribution in [1.29, 1.82) is 0 Å². The molecule has 0 fully saturated rings. The van der Waals surface area contributed by atoms with Crippen LogP contribution >= 0.6 is 0 Å². The Morgan fingerprint density at radius 2 is 2.23 bits per heavy atom. The molecule has 0 aliphatic carbocycles. The minimum atomic E-state index is -0.0728. The van der Waals surface area contributed by atoms with E-state index in [1.807, 2.05) is 0 Å². The molecule has 0 aromatic heterocycles. The Balaban J connectivity index is 3.56. The van der Waals surface area contributed by atoms with Crippen LogP contribution in [0.3, 0.4) is 0 Å². The Bertz CT molecular complexity index is 157. The van der Waals surface area contributed by atoms with E-state index >= 15 is 0 Å². The Morgan fingerprint density at radius 1 is 1.54 bits per heavy atom. The van der Waals surface area contributed by atoms with E-state index in [9.17, 15) is 4.79 Å². The maximum Gasteiger partial charge on any atom is 0.243 e. The molecule has 0 spiro atoms. The van der Waals surface area contributed by atoms with Gasteiger partial charge in [-0.15, -0.1) is 6.58 Å².